The van der Waals surface area contributed by atoms with Crippen LogP contribution in [0.2, 0.25) is 0 Å². The van der Waals surface area contributed by atoms with E-state index in [1.807, 2.05) is 6.92 Å². The van der Waals surface area contributed by atoms with Gasteiger partial charge in [-0.15, -0.1) is 0 Å². The molecule has 1 N–H and O–H groups in total. The maximum atomic E-state index is 9.23. The van der Waals surface area contributed by atoms with Gasteiger partial charge in [-0.05, 0) is 37.6 Å². The average Bonchev–Trinajstić information content (AvgIpc) is 2.61. The van der Waals surface area contributed by atoms with Crippen LogP contribution >= 0.6 is 0 Å². The third-order valence-electron chi connectivity index (χ3n) is 2.81. The van der Waals surface area contributed by atoms with Crippen LogP contribution in [0.15, 0.2) is 5.11 Å². The molecule has 1 aliphatic heterocycles. The molecule has 0 aromatic rings. The van der Waals surface area contributed by atoms with Crippen molar-refractivity contribution < 1.29 is 9.84 Å². The second-order valence-corrected chi connectivity index (χ2v) is 4.35. The van der Waals surface area contributed by atoms with Crippen LogP contribution in [0.1, 0.15) is 33.1 Å². The molecule has 1 aliphatic rings. The van der Waals surface area contributed by atoms with Gasteiger partial charge in [-0.25, -0.2) is 0 Å². The molecule has 0 amide bonds. The first-order valence-electron chi connectivity index (χ1n) is 5.48. The number of hydrogen-bond donors (Lipinski definition) is 1. The molecular formula is C10H19N3O2. The van der Waals surface area contributed by atoms with Crippen LogP contribution in [-0.4, -0.2) is 30.0 Å². The second kappa shape index (κ2) is 5.95. The Morgan fingerprint density at radius 3 is 2.87 bits per heavy atom. The molecular weight excluding hydrogens is 194 g/mol. The Balaban J connectivity index is 2.31. The predicted octanol–water partition coefficient (Wildman–Crippen LogP) is 2.25. The Hall–Kier alpha value is -0.770. The molecule has 1 saturated heterocycles. The Labute approximate surface area is 90.1 Å². The van der Waals surface area contributed by atoms with E-state index in [2.05, 4.69) is 10.0 Å². The number of ether oxygens (including phenoxy) is 1. The van der Waals surface area contributed by atoms with Crippen LogP contribution in [0, 0.1) is 5.92 Å². The Morgan fingerprint density at radius 2 is 2.27 bits per heavy atom. The minimum absolute atomic E-state index is 0.170. The lowest BCUT2D eigenvalue weighted by Crippen LogP contribution is -2.22. The fraction of sp³-hybridized carbons (Fsp3) is 1.00. The van der Waals surface area contributed by atoms with E-state index < -0.39 is 0 Å². The average molecular weight is 213 g/mol. The van der Waals surface area contributed by atoms with Gasteiger partial charge in [-0.2, -0.15) is 0 Å². The van der Waals surface area contributed by atoms with E-state index in [-0.39, 0.29) is 24.2 Å². The predicted molar refractivity (Wildman–Crippen MR) is 57.4 cm³/mol. The number of nitrogens with zero attached hydrogens (tertiary/aromatic N) is 3. The van der Waals surface area contributed by atoms with E-state index in [4.69, 9.17) is 10.3 Å². The normalized spacial score (nSPS) is 29.5. The lowest BCUT2D eigenvalue weighted by molar-refractivity contribution is -0.00463. The third-order valence-corrected chi connectivity index (χ3v) is 2.81. The highest BCUT2D eigenvalue weighted by Crippen LogP contribution is 2.28. The standard InChI is InChI=1S/C10H19N3O2/c1-7(6-12-13-11)10-4-3-9(15-10)5-8(2)14/h7-10,14H,3-6H2,1-2H3/t7-,8-,9-,10+/m1/s1. The van der Waals surface area contributed by atoms with Gasteiger partial charge in [0, 0.05) is 11.5 Å². The van der Waals surface area contributed by atoms with Crippen molar-refractivity contribution in [2.75, 3.05) is 6.54 Å². The van der Waals surface area contributed by atoms with Crippen molar-refractivity contribution >= 4 is 0 Å². The van der Waals surface area contributed by atoms with Crippen LogP contribution in [0.25, 0.3) is 10.4 Å². The number of hydrogen-bond acceptors (Lipinski definition) is 3. The van der Waals surface area contributed by atoms with Gasteiger partial charge in [-0.1, -0.05) is 12.0 Å². The number of rotatable bonds is 5. The fourth-order valence-electron chi connectivity index (χ4n) is 1.99. The van der Waals surface area contributed by atoms with Gasteiger partial charge in [0.2, 0.25) is 0 Å². The van der Waals surface area contributed by atoms with Gasteiger partial charge in [-0.3, -0.25) is 0 Å². The molecule has 1 heterocycles. The van der Waals surface area contributed by atoms with Gasteiger partial charge < -0.3 is 9.84 Å². The van der Waals surface area contributed by atoms with Crippen LogP contribution in [0.4, 0.5) is 0 Å². The Bertz CT molecular complexity index is 239. The molecule has 1 rings (SSSR count). The van der Waals surface area contributed by atoms with Gasteiger partial charge in [0.05, 0.1) is 18.3 Å². The van der Waals surface area contributed by atoms with Crippen molar-refractivity contribution in [2.24, 2.45) is 11.0 Å². The topological polar surface area (TPSA) is 78.2 Å². The van der Waals surface area contributed by atoms with Crippen LogP contribution in [0.3, 0.4) is 0 Å². The smallest absolute Gasteiger partial charge is 0.0606 e. The van der Waals surface area contributed by atoms with Gasteiger partial charge in [0.1, 0.15) is 0 Å². The SMILES string of the molecule is C[C@H](CN=[N+]=[N-])[C@@H]1CC[C@H](C[C@@H](C)O)O1. The van der Waals surface area contributed by atoms with Crippen molar-refractivity contribution in [3.8, 4) is 0 Å². The molecule has 0 aliphatic carbocycles. The molecule has 86 valence electrons. The maximum Gasteiger partial charge on any atom is 0.0606 e. The van der Waals surface area contributed by atoms with Crippen molar-refractivity contribution in [1.29, 1.82) is 0 Å². The zero-order valence-electron chi connectivity index (χ0n) is 9.33. The lowest BCUT2D eigenvalue weighted by atomic mass is 10.0. The molecule has 0 radical (unpaired) electrons. The molecule has 5 nitrogen and oxygen atoms in total. The summed E-state index contributed by atoms with van der Waals surface area (Å²) in [4.78, 5) is 2.74. The van der Waals surface area contributed by atoms with Crippen LogP contribution in [0.5, 0.6) is 0 Å². The first kappa shape index (κ1) is 12.3. The molecule has 0 aromatic heterocycles. The number of aliphatic hydroxyl groups excluding tert-OH is 1. The zero-order valence-corrected chi connectivity index (χ0v) is 9.33. The summed E-state index contributed by atoms with van der Waals surface area (Å²) in [6, 6.07) is 0. The summed E-state index contributed by atoms with van der Waals surface area (Å²) in [7, 11) is 0. The second-order valence-electron chi connectivity index (χ2n) is 4.35. The zero-order chi connectivity index (χ0) is 11.3. The Morgan fingerprint density at radius 1 is 1.53 bits per heavy atom. The molecule has 0 saturated carbocycles. The minimum Gasteiger partial charge on any atom is -0.393 e. The summed E-state index contributed by atoms with van der Waals surface area (Å²) in [5.74, 6) is 0.264. The summed E-state index contributed by atoms with van der Waals surface area (Å²) < 4.78 is 5.79. The first-order valence-corrected chi connectivity index (χ1v) is 5.48. The van der Waals surface area contributed by atoms with Gasteiger partial charge >= 0.3 is 0 Å². The Kier molecular flexibility index (Phi) is 4.88. The highest BCUT2D eigenvalue weighted by atomic mass is 16.5. The van der Waals surface area contributed by atoms with E-state index in [0.29, 0.717) is 13.0 Å². The summed E-state index contributed by atoms with van der Waals surface area (Å²) in [5.41, 5.74) is 8.21. The summed E-state index contributed by atoms with van der Waals surface area (Å²) >= 11 is 0. The highest BCUT2D eigenvalue weighted by molar-refractivity contribution is 4.79. The third kappa shape index (κ3) is 4.08. The maximum absolute atomic E-state index is 9.23. The molecule has 15 heavy (non-hydrogen) atoms. The molecule has 0 unspecified atom stereocenters. The first-order chi connectivity index (χ1) is 7.13. The fourth-order valence-corrected chi connectivity index (χ4v) is 1.99. The highest BCUT2D eigenvalue weighted by Gasteiger charge is 2.29. The van der Waals surface area contributed by atoms with Crippen molar-refractivity contribution in [3.05, 3.63) is 10.4 Å². The monoisotopic (exact) mass is 213 g/mol. The number of aliphatic hydroxyl groups is 1. The van der Waals surface area contributed by atoms with E-state index in [9.17, 15) is 5.11 Å². The van der Waals surface area contributed by atoms with E-state index in [1.54, 1.807) is 6.92 Å². The van der Waals surface area contributed by atoms with Gasteiger partial charge in [0.25, 0.3) is 0 Å². The summed E-state index contributed by atoms with van der Waals surface area (Å²) in [6.07, 6.45) is 2.74. The van der Waals surface area contributed by atoms with Crippen LogP contribution in [-0.2, 0) is 4.74 Å². The molecule has 0 spiro atoms. The quantitative estimate of drug-likeness (QED) is 0.432. The summed E-state index contributed by atoms with van der Waals surface area (Å²) in [5, 5.41) is 12.8. The van der Waals surface area contributed by atoms with Crippen molar-refractivity contribution in [3.63, 3.8) is 0 Å². The minimum atomic E-state index is -0.304. The molecule has 0 bridgehead atoms. The lowest BCUT2D eigenvalue weighted by Gasteiger charge is -2.19. The largest absolute Gasteiger partial charge is 0.393 e. The molecule has 4 atom stereocenters. The number of azide groups is 1. The molecule has 0 aromatic carbocycles. The molecule has 1 fully saturated rings. The van der Waals surface area contributed by atoms with Crippen molar-refractivity contribution in [2.45, 2.75) is 51.4 Å². The van der Waals surface area contributed by atoms with Gasteiger partial charge in [0.15, 0.2) is 0 Å². The van der Waals surface area contributed by atoms with Crippen LogP contribution < -0.4 is 0 Å². The summed E-state index contributed by atoms with van der Waals surface area (Å²) in [6.45, 7) is 4.30. The van der Waals surface area contributed by atoms with E-state index in [1.165, 1.54) is 0 Å². The van der Waals surface area contributed by atoms with E-state index in [0.717, 1.165) is 12.8 Å². The molecule has 5 heteroatoms. The van der Waals surface area contributed by atoms with Crippen molar-refractivity contribution in [1.82, 2.24) is 0 Å². The van der Waals surface area contributed by atoms with E-state index >= 15 is 0 Å².